The Morgan fingerprint density at radius 2 is 2.11 bits per heavy atom. The molecule has 0 radical (unpaired) electrons. The number of carbonyl (C=O) groups is 1. The molecule has 2 heterocycles. The quantitative estimate of drug-likeness (QED) is 0.914. The first-order valence-electron chi connectivity index (χ1n) is 6.42. The molecule has 0 aromatic carbocycles. The van der Waals surface area contributed by atoms with Crippen molar-refractivity contribution in [1.29, 1.82) is 0 Å². The summed E-state index contributed by atoms with van der Waals surface area (Å²) in [6.45, 7) is 3.53. The molecule has 2 aliphatic rings. The van der Waals surface area contributed by atoms with E-state index in [1.807, 2.05) is 6.92 Å². The topological polar surface area (TPSA) is 59.4 Å². The number of nitrogens with zero attached hydrogens (tertiary/aromatic N) is 1. The summed E-state index contributed by atoms with van der Waals surface area (Å²) in [6, 6.07) is 0. The largest absolute Gasteiger partial charge is 0.481 e. The van der Waals surface area contributed by atoms with Gasteiger partial charge in [-0.15, -0.1) is 11.3 Å². The lowest BCUT2D eigenvalue weighted by Crippen LogP contribution is -2.19. The highest BCUT2D eigenvalue weighted by molar-refractivity contribution is 7.12. The highest BCUT2D eigenvalue weighted by Gasteiger charge is 2.54. The van der Waals surface area contributed by atoms with Crippen LogP contribution in [0, 0.1) is 6.92 Å². The van der Waals surface area contributed by atoms with E-state index < -0.39 is 11.4 Å². The molecule has 1 saturated heterocycles. The van der Waals surface area contributed by atoms with Crippen molar-refractivity contribution in [2.24, 2.45) is 0 Å². The van der Waals surface area contributed by atoms with Gasteiger partial charge >= 0.3 is 5.97 Å². The number of hydrogen-bond acceptors (Lipinski definition) is 4. The van der Waals surface area contributed by atoms with Gasteiger partial charge in [-0.2, -0.15) is 0 Å². The van der Waals surface area contributed by atoms with Crippen LogP contribution in [0.3, 0.4) is 0 Å². The molecule has 1 aromatic heterocycles. The van der Waals surface area contributed by atoms with E-state index >= 15 is 0 Å². The molecular weight excluding hydrogens is 250 g/mol. The number of aryl methyl sites for hydroxylation is 1. The van der Waals surface area contributed by atoms with Crippen LogP contribution in [0.2, 0.25) is 0 Å². The number of rotatable bonds is 3. The van der Waals surface area contributed by atoms with Crippen LogP contribution in [-0.2, 0) is 14.9 Å². The Kier molecular flexibility index (Phi) is 2.90. The first kappa shape index (κ1) is 12.1. The number of thiazole rings is 1. The van der Waals surface area contributed by atoms with E-state index in [1.165, 1.54) is 0 Å². The van der Waals surface area contributed by atoms with Crippen molar-refractivity contribution in [1.82, 2.24) is 4.98 Å². The lowest BCUT2D eigenvalue weighted by molar-refractivity contribution is -0.139. The van der Waals surface area contributed by atoms with Gasteiger partial charge in [-0.3, -0.25) is 4.79 Å². The second-order valence-electron chi connectivity index (χ2n) is 5.24. The smallest absolute Gasteiger partial charge is 0.315 e. The third-order valence-electron chi connectivity index (χ3n) is 3.98. The maximum Gasteiger partial charge on any atom is 0.315 e. The van der Waals surface area contributed by atoms with Crippen molar-refractivity contribution in [3.8, 4) is 0 Å². The van der Waals surface area contributed by atoms with Crippen molar-refractivity contribution in [2.75, 3.05) is 13.2 Å². The highest BCUT2D eigenvalue weighted by atomic mass is 32.1. The summed E-state index contributed by atoms with van der Waals surface area (Å²) < 4.78 is 5.36. The van der Waals surface area contributed by atoms with E-state index in [0.29, 0.717) is 5.92 Å². The van der Waals surface area contributed by atoms with Crippen LogP contribution in [0.5, 0.6) is 0 Å². The van der Waals surface area contributed by atoms with Crippen molar-refractivity contribution < 1.29 is 14.6 Å². The molecular formula is C13H17NO3S. The van der Waals surface area contributed by atoms with Crippen LogP contribution < -0.4 is 0 Å². The van der Waals surface area contributed by atoms with Crippen LogP contribution in [0.15, 0.2) is 0 Å². The highest BCUT2D eigenvalue weighted by Crippen LogP contribution is 2.52. The summed E-state index contributed by atoms with van der Waals surface area (Å²) in [7, 11) is 0. The van der Waals surface area contributed by atoms with E-state index in [2.05, 4.69) is 4.98 Å². The van der Waals surface area contributed by atoms with Gasteiger partial charge in [0.25, 0.3) is 0 Å². The SMILES string of the molecule is Cc1nc(C2CCOCC2)sc1C1(C(=O)O)CC1. The first-order valence-corrected chi connectivity index (χ1v) is 7.24. The van der Waals surface area contributed by atoms with Gasteiger partial charge in [0.15, 0.2) is 0 Å². The average molecular weight is 267 g/mol. The summed E-state index contributed by atoms with van der Waals surface area (Å²) in [5, 5.41) is 10.5. The van der Waals surface area contributed by atoms with Gasteiger partial charge in [-0.25, -0.2) is 4.98 Å². The Morgan fingerprint density at radius 3 is 2.67 bits per heavy atom. The Bertz CT molecular complexity index is 473. The fourth-order valence-corrected chi connectivity index (χ4v) is 4.12. The van der Waals surface area contributed by atoms with Gasteiger partial charge < -0.3 is 9.84 Å². The zero-order chi connectivity index (χ0) is 12.8. The number of carboxylic acid groups (broad SMARTS) is 1. The lowest BCUT2D eigenvalue weighted by Gasteiger charge is -2.19. The molecule has 1 aliphatic heterocycles. The van der Waals surface area contributed by atoms with Gasteiger partial charge in [0, 0.05) is 24.0 Å². The molecule has 0 atom stereocenters. The molecule has 3 rings (SSSR count). The first-order chi connectivity index (χ1) is 8.63. The molecule has 0 bridgehead atoms. The number of aromatic nitrogens is 1. The minimum Gasteiger partial charge on any atom is -0.481 e. The molecule has 1 saturated carbocycles. The zero-order valence-electron chi connectivity index (χ0n) is 10.4. The van der Waals surface area contributed by atoms with Gasteiger partial charge in [-0.05, 0) is 32.6 Å². The predicted molar refractivity (Wildman–Crippen MR) is 68.2 cm³/mol. The van der Waals surface area contributed by atoms with Crippen LogP contribution in [0.4, 0.5) is 0 Å². The van der Waals surface area contributed by atoms with Crippen molar-refractivity contribution in [3.63, 3.8) is 0 Å². The molecule has 98 valence electrons. The predicted octanol–water partition coefficient (Wildman–Crippen LogP) is 2.46. The Morgan fingerprint density at radius 1 is 1.44 bits per heavy atom. The molecule has 0 spiro atoms. The molecule has 1 aliphatic carbocycles. The van der Waals surface area contributed by atoms with E-state index in [0.717, 1.165) is 54.5 Å². The van der Waals surface area contributed by atoms with E-state index in [4.69, 9.17) is 4.74 Å². The van der Waals surface area contributed by atoms with Crippen LogP contribution in [-0.4, -0.2) is 29.3 Å². The molecule has 2 fully saturated rings. The Labute approximate surface area is 110 Å². The van der Waals surface area contributed by atoms with Crippen molar-refractivity contribution in [3.05, 3.63) is 15.6 Å². The molecule has 0 amide bonds. The van der Waals surface area contributed by atoms with Crippen LogP contribution >= 0.6 is 11.3 Å². The third kappa shape index (κ3) is 1.86. The molecule has 5 heteroatoms. The van der Waals surface area contributed by atoms with Gasteiger partial charge in [0.2, 0.25) is 0 Å². The summed E-state index contributed by atoms with van der Waals surface area (Å²) in [4.78, 5) is 17.0. The summed E-state index contributed by atoms with van der Waals surface area (Å²) >= 11 is 1.62. The van der Waals surface area contributed by atoms with Crippen LogP contribution in [0.25, 0.3) is 0 Å². The molecule has 18 heavy (non-hydrogen) atoms. The molecule has 4 nitrogen and oxygen atoms in total. The zero-order valence-corrected chi connectivity index (χ0v) is 11.3. The van der Waals surface area contributed by atoms with E-state index in [1.54, 1.807) is 11.3 Å². The van der Waals surface area contributed by atoms with Gasteiger partial charge in [-0.1, -0.05) is 0 Å². The number of carboxylic acids is 1. The summed E-state index contributed by atoms with van der Waals surface area (Å²) in [6.07, 6.45) is 3.54. The molecule has 0 unspecified atom stereocenters. The summed E-state index contributed by atoms with van der Waals surface area (Å²) in [5.74, 6) is -0.228. The maximum atomic E-state index is 11.4. The Balaban J connectivity index is 1.89. The lowest BCUT2D eigenvalue weighted by atomic mass is 10.0. The number of hydrogen-bond donors (Lipinski definition) is 1. The third-order valence-corrected chi connectivity index (χ3v) is 5.50. The van der Waals surface area contributed by atoms with E-state index in [9.17, 15) is 9.90 Å². The maximum absolute atomic E-state index is 11.4. The normalized spacial score (nSPS) is 22.9. The van der Waals surface area contributed by atoms with Crippen molar-refractivity contribution in [2.45, 2.75) is 43.9 Å². The second-order valence-corrected chi connectivity index (χ2v) is 6.27. The van der Waals surface area contributed by atoms with E-state index in [-0.39, 0.29) is 0 Å². The van der Waals surface area contributed by atoms with Crippen LogP contribution in [0.1, 0.15) is 47.2 Å². The standard InChI is InChI=1S/C13H17NO3S/c1-8-10(13(4-5-13)12(15)16)18-11(14-8)9-2-6-17-7-3-9/h9H,2-7H2,1H3,(H,15,16). The average Bonchev–Trinajstić information content (AvgIpc) is 3.09. The summed E-state index contributed by atoms with van der Waals surface area (Å²) in [5.41, 5.74) is 0.312. The molecule has 1 aromatic rings. The number of aliphatic carboxylic acids is 1. The molecule has 1 N–H and O–H groups in total. The second kappa shape index (κ2) is 4.31. The minimum atomic E-state index is -0.687. The fraction of sp³-hybridized carbons (Fsp3) is 0.692. The monoisotopic (exact) mass is 267 g/mol. The minimum absolute atomic E-state index is 0.459. The van der Waals surface area contributed by atoms with Gasteiger partial charge in [0.1, 0.15) is 5.41 Å². The van der Waals surface area contributed by atoms with Gasteiger partial charge in [0.05, 0.1) is 10.7 Å². The number of ether oxygens (including phenoxy) is 1. The Hall–Kier alpha value is -0.940. The fourth-order valence-electron chi connectivity index (χ4n) is 2.64. The van der Waals surface area contributed by atoms with Crippen molar-refractivity contribution >= 4 is 17.3 Å².